The Morgan fingerprint density at radius 1 is 1.23 bits per heavy atom. The molecule has 0 aliphatic heterocycles. The molecule has 0 saturated carbocycles. The van der Waals surface area contributed by atoms with Crippen LogP contribution in [-0.4, -0.2) is 26.0 Å². The van der Waals surface area contributed by atoms with E-state index in [1.54, 1.807) is 6.07 Å². The zero-order valence-corrected chi connectivity index (χ0v) is 15.9. The van der Waals surface area contributed by atoms with Crippen LogP contribution in [0.2, 0.25) is 0 Å². The summed E-state index contributed by atoms with van der Waals surface area (Å²) in [6.45, 7) is 0. The largest absolute Gasteiger partial charge is 0.477 e. The van der Waals surface area contributed by atoms with E-state index in [2.05, 4.69) is 9.97 Å². The molecule has 10 heteroatoms. The minimum Gasteiger partial charge on any atom is -0.477 e. The van der Waals surface area contributed by atoms with Gasteiger partial charge in [0.25, 0.3) is 0 Å². The van der Waals surface area contributed by atoms with Crippen LogP contribution in [0.25, 0.3) is 28.4 Å². The molecule has 0 radical (unpaired) electrons. The minimum atomic E-state index is -1.17. The Bertz CT molecular complexity index is 1280. The molecule has 0 amide bonds. The fourth-order valence-corrected chi connectivity index (χ4v) is 3.51. The van der Waals surface area contributed by atoms with Gasteiger partial charge in [0.1, 0.15) is 16.4 Å². The number of fused-ring (bicyclic) bond motifs is 1. The van der Waals surface area contributed by atoms with Gasteiger partial charge in [-0.1, -0.05) is 12.1 Å². The van der Waals surface area contributed by atoms with Gasteiger partial charge in [0, 0.05) is 17.7 Å². The number of benzene rings is 2. The molecule has 150 valence electrons. The molecule has 0 bridgehead atoms. The number of aromatic amines is 1. The predicted octanol–water partition coefficient (Wildman–Crippen LogP) is 5.09. The topological polar surface area (TPSA) is 122 Å². The predicted molar refractivity (Wildman–Crippen MR) is 108 cm³/mol. The Balaban J connectivity index is 1.63. The number of furan rings is 1. The van der Waals surface area contributed by atoms with Crippen LogP contribution < -0.4 is 0 Å². The zero-order chi connectivity index (χ0) is 21.3. The van der Waals surface area contributed by atoms with Gasteiger partial charge in [-0.2, -0.15) is 4.39 Å². The number of imidazole rings is 1. The quantitative estimate of drug-likeness (QED) is 0.191. The molecule has 0 spiro atoms. The van der Waals surface area contributed by atoms with Gasteiger partial charge in [0.15, 0.2) is 5.16 Å². The molecule has 0 aliphatic rings. The van der Waals surface area contributed by atoms with E-state index in [1.807, 2.05) is 18.2 Å². The summed E-state index contributed by atoms with van der Waals surface area (Å²) < 4.78 is 19.1. The van der Waals surface area contributed by atoms with E-state index in [1.165, 1.54) is 24.3 Å². The number of nitro groups is 1. The Morgan fingerprint density at radius 3 is 2.77 bits per heavy atom. The third-order valence-corrected chi connectivity index (χ3v) is 5.01. The zero-order valence-electron chi connectivity index (χ0n) is 15.0. The second kappa shape index (κ2) is 7.84. The van der Waals surface area contributed by atoms with Crippen molar-refractivity contribution in [3.63, 3.8) is 0 Å². The second-order valence-electron chi connectivity index (χ2n) is 6.10. The maximum Gasteiger partial charge on any atom is 0.342 e. The van der Waals surface area contributed by atoms with Crippen LogP contribution in [0.15, 0.2) is 69.1 Å². The molecule has 8 nitrogen and oxygen atoms in total. The second-order valence-corrected chi connectivity index (χ2v) is 7.13. The van der Waals surface area contributed by atoms with E-state index in [4.69, 9.17) is 4.42 Å². The first-order valence-electron chi connectivity index (χ1n) is 8.52. The van der Waals surface area contributed by atoms with Crippen molar-refractivity contribution in [2.24, 2.45) is 0 Å². The van der Waals surface area contributed by atoms with Crippen molar-refractivity contribution in [2.45, 2.75) is 5.16 Å². The Morgan fingerprint density at radius 2 is 2.03 bits per heavy atom. The maximum atomic E-state index is 13.5. The first-order chi connectivity index (χ1) is 14.4. The molecule has 0 atom stereocenters. The molecular weight excluding hydrogens is 413 g/mol. The third-order valence-electron chi connectivity index (χ3n) is 4.11. The number of H-pyrrole nitrogens is 1. The number of aromatic nitrogens is 2. The Hall–Kier alpha value is -3.92. The van der Waals surface area contributed by atoms with Crippen molar-refractivity contribution in [1.82, 2.24) is 9.97 Å². The number of nitrogens with one attached hydrogen (secondary N) is 1. The minimum absolute atomic E-state index is 0.0416. The number of hydrogen-bond donors (Lipinski definition) is 2. The van der Waals surface area contributed by atoms with Crippen LogP contribution in [0.1, 0.15) is 5.76 Å². The summed E-state index contributed by atoms with van der Waals surface area (Å²) in [6, 6.07) is 13.7. The average molecular weight is 425 g/mol. The smallest absolute Gasteiger partial charge is 0.342 e. The van der Waals surface area contributed by atoms with E-state index in [-0.39, 0.29) is 16.4 Å². The highest BCUT2D eigenvalue weighted by Gasteiger charge is 2.17. The van der Waals surface area contributed by atoms with Crippen LogP contribution in [0.4, 0.5) is 10.1 Å². The summed E-state index contributed by atoms with van der Waals surface area (Å²) in [5.74, 6) is -1.66. The molecule has 2 heterocycles. The van der Waals surface area contributed by atoms with E-state index in [9.17, 15) is 24.4 Å². The molecule has 2 aromatic heterocycles. The molecular formula is C20H12FN3O5S. The SMILES string of the molecule is O=C(O)/C(=C/c1ccc(-c2ccc(F)c([N+](=O)[O-])c2)o1)Sc1nc2ccccc2[nH]1. The molecule has 0 unspecified atom stereocenters. The highest BCUT2D eigenvalue weighted by Crippen LogP contribution is 2.31. The van der Waals surface area contributed by atoms with Crippen LogP contribution in [0.3, 0.4) is 0 Å². The van der Waals surface area contributed by atoms with Gasteiger partial charge in [-0.3, -0.25) is 10.1 Å². The lowest BCUT2D eigenvalue weighted by molar-refractivity contribution is -0.387. The number of thioether (sulfide) groups is 1. The molecule has 0 saturated heterocycles. The number of carboxylic acids is 1. The van der Waals surface area contributed by atoms with E-state index in [0.717, 1.165) is 29.4 Å². The van der Waals surface area contributed by atoms with Gasteiger partial charge in [-0.25, -0.2) is 9.78 Å². The van der Waals surface area contributed by atoms with E-state index < -0.39 is 22.4 Å². The molecule has 4 aromatic rings. The van der Waals surface area contributed by atoms with Crippen molar-refractivity contribution in [3.8, 4) is 11.3 Å². The highest BCUT2D eigenvalue weighted by atomic mass is 32.2. The Kier molecular flexibility index (Phi) is 5.07. The number of aliphatic carboxylic acids is 1. The average Bonchev–Trinajstić information content (AvgIpc) is 3.34. The lowest BCUT2D eigenvalue weighted by atomic mass is 10.1. The number of para-hydroxylation sites is 2. The summed E-state index contributed by atoms with van der Waals surface area (Å²) >= 11 is 0.927. The maximum absolute atomic E-state index is 13.5. The van der Waals surface area contributed by atoms with Gasteiger partial charge in [-0.05, 0) is 48.2 Å². The molecule has 0 fully saturated rings. The van der Waals surface area contributed by atoms with Gasteiger partial charge >= 0.3 is 11.7 Å². The van der Waals surface area contributed by atoms with Crippen molar-refractivity contribution in [1.29, 1.82) is 0 Å². The summed E-state index contributed by atoms with van der Waals surface area (Å²) in [7, 11) is 0. The summed E-state index contributed by atoms with van der Waals surface area (Å²) in [5, 5.41) is 20.9. The number of nitro benzene ring substituents is 1. The van der Waals surface area contributed by atoms with Gasteiger partial charge < -0.3 is 14.5 Å². The number of halogens is 1. The summed E-state index contributed by atoms with van der Waals surface area (Å²) in [6.07, 6.45) is 1.32. The summed E-state index contributed by atoms with van der Waals surface area (Å²) in [5.41, 5.74) is 1.11. The Labute approximate surface area is 172 Å². The van der Waals surface area contributed by atoms with Crippen LogP contribution in [0, 0.1) is 15.9 Å². The lowest BCUT2D eigenvalue weighted by Gasteiger charge is -2.00. The van der Waals surface area contributed by atoms with Crippen molar-refractivity contribution >= 4 is 40.5 Å². The lowest BCUT2D eigenvalue weighted by Crippen LogP contribution is -1.96. The molecule has 2 aromatic carbocycles. The number of carboxylic acid groups (broad SMARTS) is 1. The van der Waals surface area contributed by atoms with Gasteiger partial charge in [-0.15, -0.1) is 0 Å². The normalized spacial score (nSPS) is 11.7. The van der Waals surface area contributed by atoms with Crippen LogP contribution in [0.5, 0.6) is 0 Å². The van der Waals surface area contributed by atoms with Crippen LogP contribution >= 0.6 is 11.8 Å². The molecule has 30 heavy (non-hydrogen) atoms. The fourth-order valence-electron chi connectivity index (χ4n) is 2.74. The first kappa shape index (κ1) is 19.4. The van der Waals surface area contributed by atoms with Gasteiger partial charge in [0.2, 0.25) is 5.82 Å². The molecule has 2 N–H and O–H groups in total. The van der Waals surface area contributed by atoms with Crippen LogP contribution in [-0.2, 0) is 4.79 Å². The van der Waals surface area contributed by atoms with E-state index >= 15 is 0 Å². The van der Waals surface area contributed by atoms with E-state index in [0.29, 0.717) is 16.2 Å². The van der Waals surface area contributed by atoms with Gasteiger partial charge in [0.05, 0.1) is 16.0 Å². The molecule has 0 aliphatic carbocycles. The number of rotatable bonds is 6. The highest BCUT2D eigenvalue weighted by molar-refractivity contribution is 8.04. The summed E-state index contributed by atoms with van der Waals surface area (Å²) in [4.78, 5) is 29.1. The first-order valence-corrected chi connectivity index (χ1v) is 9.34. The van der Waals surface area contributed by atoms with Crippen molar-refractivity contribution in [2.75, 3.05) is 0 Å². The third kappa shape index (κ3) is 3.94. The number of hydrogen-bond acceptors (Lipinski definition) is 6. The fraction of sp³-hybridized carbons (Fsp3) is 0. The van der Waals surface area contributed by atoms with Crippen molar-refractivity contribution < 1.29 is 23.6 Å². The monoisotopic (exact) mass is 425 g/mol. The van der Waals surface area contributed by atoms with Crippen molar-refractivity contribution in [3.05, 3.63) is 81.2 Å². The number of carbonyl (C=O) groups is 1. The number of nitrogens with zero attached hydrogens (tertiary/aromatic N) is 2. The standard InChI is InChI=1S/C20H12FN3O5S/c21-13-7-5-11(9-16(13)24(27)28)17-8-6-12(29-17)10-18(19(25)26)30-20-22-14-3-1-2-4-15(14)23-20/h1-10H,(H,22,23)(H,25,26)/b18-10-. The molecule has 4 rings (SSSR count).